The maximum absolute atomic E-state index is 13.0. The van der Waals surface area contributed by atoms with E-state index in [9.17, 15) is 9.59 Å². The van der Waals surface area contributed by atoms with Crippen molar-refractivity contribution >= 4 is 17.6 Å². The predicted octanol–water partition coefficient (Wildman–Crippen LogP) is 4.40. The van der Waals surface area contributed by atoms with Gasteiger partial charge in [-0.15, -0.1) is 0 Å². The van der Waals surface area contributed by atoms with E-state index in [0.29, 0.717) is 11.4 Å². The third-order valence-corrected chi connectivity index (χ3v) is 4.52. The van der Waals surface area contributed by atoms with Crippen LogP contribution in [0.15, 0.2) is 84.9 Å². The summed E-state index contributed by atoms with van der Waals surface area (Å²) >= 11 is 0. The first-order valence-electron chi connectivity index (χ1n) is 9.34. The van der Waals surface area contributed by atoms with Crippen molar-refractivity contribution in [1.29, 1.82) is 0 Å². The molecule has 0 saturated heterocycles. The minimum Gasteiger partial charge on any atom is -0.497 e. The first-order chi connectivity index (χ1) is 14.1. The van der Waals surface area contributed by atoms with Gasteiger partial charge in [-0.3, -0.25) is 9.59 Å². The molecule has 0 spiro atoms. The van der Waals surface area contributed by atoms with Gasteiger partial charge in [0.25, 0.3) is 5.91 Å². The minimum atomic E-state index is -0.945. The number of carbonyl (C=O) groups is 2. The van der Waals surface area contributed by atoms with Crippen molar-refractivity contribution in [1.82, 2.24) is 0 Å². The van der Waals surface area contributed by atoms with E-state index in [1.54, 1.807) is 38.3 Å². The van der Waals surface area contributed by atoms with Gasteiger partial charge < -0.3 is 14.8 Å². The quantitative estimate of drug-likeness (QED) is 0.609. The Morgan fingerprint density at radius 1 is 0.793 bits per heavy atom. The van der Waals surface area contributed by atoms with Crippen LogP contribution >= 0.6 is 0 Å². The Bertz CT molecular complexity index is 900. The monoisotopic (exact) mass is 389 g/mol. The van der Waals surface area contributed by atoms with Crippen LogP contribution < -0.4 is 10.1 Å². The summed E-state index contributed by atoms with van der Waals surface area (Å²) in [4.78, 5) is 25.5. The molecule has 29 heavy (non-hydrogen) atoms. The third kappa shape index (κ3) is 5.23. The van der Waals surface area contributed by atoms with Crippen molar-refractivity contribution in [2.24, 2.45) is 0 Å². The normalized spacial score (nSPS) is 11.6. The molecule has 0 aliphatic heterocycles. The fraction of sp³-hybridized carbons (Fsp3) is 0.167. The van der Waals surface area contributed by atoms with Crippen LogP contribution in [0.1, 0.15) is 24.0 Å². The highest BCUT2D eigenvalue weighted by molar-refractivity contribution is 5.95. The first kappa shape index (κ1) is 20.1. The molecule has 1 amide bonds. The van der Waals surface area contributed by atoms with E-state index in [-0.39, 0.29) is 0 Å². The molecule has 3 rings (SSSR count). The van der Waals surface area contributed by atoms with Crippen LogP contribution in [-0.2, 0) is 14.3 Å². The molecule has 148 valence electrons. The predicted molar refractivity (Wildman–Crippen MR) is 112 cm³/mol. The van der Waals surface area contributed by atoms with E-state index in [2.05, 4.69) is 5.32 Å². The van der Waals surface area contributed by atoms with Crippen molar-refractivity contribution in [3.05, 3.63) is 96.1 Å². The number of hydrogen-bond acceptors (Lipinski definition) is 4. The molecule has 5 heteroatoms. The van der Waals surface area contributed by atoms with E-state index in [0.717, 1.165) is 11.1 Å². The van der Waals surface area contributed by atoms with E-state index in [1.165, 1.54) is 0 Å². The lowest BCUT2D eigenvalue weighted by Gasteiger charge is -2.20. The molecule has 1 N–H and O–H groups in total. The molecule has 0 saturated carbocycles. The van der Waals surface area contributed by atoms with Gasteiger partial charge in [0.15, 0.2) is 6.10 Å². The average molecular weight is 389 g/mol. The van der Waals surface area contributed by atoms with Crippen LogP contribution in [0.2, 0.25) is 0 Å². The van der Waals surface area contributed by atoms with Crippen molar-refractivity contribution < 1.29 is 19.1 Å². The molecular formula is C24H23NO4. The number of ether oxygens (including phenoxy) is 2. The van der Waals surface area contributed by atoms with Gasteiger partial charge in [0.1, 0.15) is 11.7 Å². The molecule has 0 aromatic heterocycles. The molecule has 0 unspecified atom stereocenters. The van der Waals surface area contributed by atoms with E-state index in [1.807, 2.05) is 60.7 Å². The Morgan fingerprint density at radius 2 is 1.31 bits per heavy atom. The topological polar surface area (TPSA) is 64.6 Å². The number of rotatable bonds is 7. The van der Waals surface area contributed by atoms with Gasteiger partial charge >= 0.3 is 5.97 Å². The molecule has 0 heterocycles. The third-order valence-electron chi connectivity index (χ3n) is 4.52. The standard InChI is InChI=1S/C24H23NO4/c1-17(23(26)25-20-13-15-21(28-2)16-14-20)29-24(27)22(18-9-5-3-6-10-18)19-11-7-4-8-12-19/h3-17,22H,1-2H3,(H,25,26)/t17-/m1/s1. The number of carbonyl (C=O) groups excluding carboxylic acids is 2. The molecule has 0 radical (unpaired) electrons. The number of anilines is 1. The van der Waals surface area contributed by atoms with Crippen LogP contribution in [-0.4, -0.2) is 25.1 Å². The smallest absolute Gasteiger partial charge is 0.318 e. The zero-order chi connectivity index (χ0) is 20.6. The van der Waals surface area contributed by atoms with Gasteiger partial charge in [-0.25, -0.2) is 0 Å². The Morgan fingerprint density at radius 3 is 1.79 bits per heavy atom. The highest BCUT2D eigenvalue weighted by Crippen LogP contribution is 2.26. The summed E-state index contributed by atoms with van der Waals surface area (Å²) in [5.74, 6) is -0.784. The molecule has 5 nitrogen and oxygen atoms in total. The lowest BCUT2D eigenvalue weighted by Crippen LogP contribution is -2.32. The summed E-state index contributed by atoms with van der Waals surface area (Å²) in [7, 11) is 1.57. The molecule has 0 aliphatic rings. The molecule has 0 fully saturated rings. The molecule has 3 aromatic rings. The fourth-order valence-electron chi connectivity index (χ4n) is 2.97. The van der Waals surface area contributed by atoms with Gasteiger partial charge in [-0.1, -0.05) is 60.7 Å². The fourth-order valence-corrected chi connectivity index (χ4v) is 2.97. The highest BCUT2D eigenvalue weighted by atomic mass is 16.5. The number of amides is 1. The maximum Gasteiger partial charge on any atom is 0.318 e. The molecule has 3 aromatic carbocycles. The lowest BCUT2D eigenvalue weighted by atomic mass is 9.91. The number of benzene rings is 3. The number of nitrogens with one attached hydrogen (secondary N) is 1. The molecule has 0 aliphatic carbocycles. The summed E-state index contributed by atoms with van der Waals surface area (Å²) in [6.07, 6.45) is -0.945. The van der Waals surface area contributed by atoms with Gasteiger partial charge in [0, 0.05) is 5.69 Å². The highest BCUT2D eigenvalue weighted by Gasteiger charge is 2.27. The SMILES string of the molecule is COc1ccc(NC(=O)[C@@H](C)OC(=O)C(c2ccccc2)c2ccccc2)cc1. The van der Waals surface area contributed by atoms with Gasteiger partial charge in [-0.2, -0.15) is 0 Å². The van der Waals surface area contributed by atoms with Crippen molar-refractivity contribution in [3.8, 4) is 5.75 Å². The largest absolute Gasteiger partial charge is 0.497 e. The minimum absolute atomic E-state index is 0.400. The number of methoxy groups -OCH3 is 1. The Balaban J connectivity index is 1.72. The van der Waals surface area contributed by atoms with Crippen molar-refractivity contribution in [2.75, 3.05) is 12.4 Å². The van der Waals surface area contributed by atoms with Crippen LogP contribution in [0, 0.1) is 0 Å². The lowest BCUT2D eigenvalue weighted by molar-refractivity contribution is -0.153. The molecule has 0 bridgehead atoms. The average Bonchev–Trinajstić information content (AvgIpc) is 2.76. The Kier molecular flexibility index (Phi) is 6.63. The second-order valence-electron chi connectivity index (χ2n) is 6.55. The summed E-state index contributed by atoms with van der Waals surface area (Å²) in [5, 5.41) is 2.75. The zero-order valence-corrected chi connectivity index (χ0v) is 16.4. The second kappa shape index (κ2) is 9.55. The summed E-state index contributed by atoms with van der Waals surface area (Å²) in [6, 6.07) is 25.7. The maximum atomic E-state index is 13.0. The van der Waals surface area contributed by atoms with Crippen LogP contribution in [0.3, 0.4) is 0 Å². The van der Waals surface area contributed by atoms with Gasteiger partial charge in [0.05, 0.1) is 7.11 Å². The summed E-state index contributed by atoms with van der Waals surface area (Å²) in [6.45, 7) is 1.56. The van der Waals surface area contributed by atoms with Crippen molar-refractivity contribution in [2.45, 2.75) is 18.9 Å². The van der Waals surface area contributed by atoms with Gasteiger partial charge in [0.2, 0.25) is 0 Å². The summed E-state index contributed by atoms with van der Waals surface area (Å²) < 4.78 is 10.6. The Labute approximate surface area is 170 Å². The van der Waals surface area contributed by atoms with E-state index in [4.69, 9.17) is 9.47 Å². The van der Waals surface area contributed by atoms with Crippen LogP contribution in [0.4, 0.5) is 5.69 Å². The number of esters is 1. The van der Waals surface area contributed by atoms with Gasteiger partial charge in [-0.05, 0) is 42.3 Å². The van der Waals surface area contributed by atoms with E-state index >= 15 is 0 Å². The second-order valence-corrected chi connectivity index (χ2v) is 6.55. The Hall–Kier alpha value is -3.60. The number of hydrogen-bond donors (Lipinski definition) is 1. The molecular weight excluding hydrogens is 366 g/mol. The van der Waals surface area contributed by atoms with Crippen molar-refractivity contribution in [3.63, 3.8) is 0 Å². The van der Waals surface area contributed by atoms with Crippen LogP contribution in [0.25, 0.3) is 0 Å². The van der Waals surface area contributed by atoms with Crippen LogP contribution in [0.5, 0.6) is 5.75 Å². The first-order valence-corrected chi connectivity index (χ1v) is 9.34. The zero-order valence-electron chi connectivity index (χ0n) is 16.4. The summed E-state index contributed by atoms with van der Waals surface area (Å²) in [5.41, 5.74) is 2.22. The molecule has 1 atom stereocenters. The van der Waals surface area contributed by atoms with E-state index < -0.39 is 23.9 Å².